The molecule has 172 valence electrons. The van der Waals surface area contributed by atoms with Gasteiger partial charge < -0.3 is 14.7 Å². The SMILES string of the molecule is CCCCCN1C(=S)NC(c2ccc(C)c(C)c2)C(c2nc(-c3cccc(Cl)c3)no2)=C1C. The first-order valence-electron chi connectivity index (χ1n) is 11.3. The molecule has 33 heavy (non-hydrogen) atoms. The summed E-state index contributed by atoms with van der Waals surface area (Å²) in [6.45, 7) is 9.38. The summed E-state index contributed by atoms with van der Waals surface area (Å²) in [5.41, 5.74) is 6.40. The number of thiocarbonyl (C=S) groups is 1. The molecular weight excluding hydrogens is 452 g/mol. The van der Waals surface area contributed by atoms with Crippen LogP contribution >= 0.6 is 23.8 Å². The van der Waals surface area contributed by atoms with E-state index in [1.54, 1.807) is 0 Å². The number of nitrogens with one attached hydrogen (secondary N) is 1. The van der Waals surface area contributed by atoms with E-state index in [9.17, 15) is 0 Å². The summed E-state index contributed by atoms with van der Waals surface area (Å²) in [4.78, 5) is 6.92. The van der Waals surface area contributed by atoms with Gasteiger partial charge in [0.25, 0.3) is 5.89 Å². The van der Waals surface area contributed by atoms with Gasteiger partial charge >= 0.3 is 0 Å². The highest BCUT2D eigenvalue weighted by Crippen LogP contribution is 2.38. The van der Waals surface area contributed by atoms with E-state index < -0.39 is 0 Å². The zero-order valence-corrected chi connectivity index (χ0v) is 21.1. The number of hydrogen-bond donors (Lipinski definition) is 1. The van der Waals surface area contributed by atoms with Crippen LogP contribution in [-0.4, -0.2) is 26.7 Å². The maximum Gasteiger partial charge on any atom is 0.258 e. The number of hydrogen-bond acceptors (Lipinski definition) is 4. The highest BCUT2D eigenvalue weighted by atomic mass is 35.5. The summed E-state index contributed by atoms with van der Waals surface area (Å²) in [6, 6.07) is 13.8. The third-order valence-corrected chi connectivity index (χ3v) is 6.76. The minimum atomic E-state index is -0.174. The zero-order valence-electron chi connectivity index (χ0n) is 19.5. The molecule has 0 fully saturated rings. The maximum absolute atomic E-state index is 6.17. The van der Waals surface area contributed by atoms with Gasteiger partial charge in [-0.25, -0.2) is 0 Å². The Morgan fingerprint density at radius 3 is 2.64 bits per heavy atom. The second-order valence-corrected chi connectivity index (χ2v) is 9.34. The molecule has 1 atom stereocenters. The summed E-state index contributed by atoms with van der Waals surface area (Å²) in [6.07, 6.45) is 3.37. The van der Waals surface area contributed by atoms with Crippen LogP contribution in [0, 0.1) is 13.8 Å². The van der Waals surface area contributed by atoms with Crippen molar-refractivity contribution in [3.63, 3.8) is 0 Å². The Labute approximate surface area is 205 Å². The molecule has 0 aliphatic carbocycles. The van der Waals surface area contributed by atoms with Gasteiger partial charge in [0, 0.05) is 22.8 Å². The first-order valence-corrected chi connectivity index (χ1v) is 12.1. The number of unbranched alkanes of at least 4 members (excludes halogenated alkanes) is 2. The van der Waals surface area contributed by atoms with Crippen molar-refractivity contribution in [2.45, 2.75) is 53.0 Å². The fourth-order valence-electron chi connectivity index (χ4n) is 4.12. The molecule has 4 rings (SSSR count). The Kier molecular flexibility index (Phi) is 7.15. The van der Waals surface area contributed by atoms with Crippen molar-refractivity contribution in [2.75, 3.05) is 6.54 Å². The lowest BCUT2D eigenvalue weighted by Crippen LogP contribution is -2.46. The van der Waals surface area contributed by atoms with Crippen LogP contribution < -0.4 is 5.32 Å². The van der Waals surface area contributed by atoms with Crippen molar-refractivity contribution in [3.8, 4) is 11.4 Å². The molecule has 2 heterocycles. The van der Waals surface area contributed by atoms with Gasteiger partial charge in [-0.2, -0.15) is 4.98 Å². The molecule has 1 aliphatic heterocycles. The number of aromatic nitrogens is 2. The van der Waals surface area contributed by atoms with E-state index in [-0.39, 0.29) is 6.04 Å². The number of allylic oxidation sites excluding steroid dienone is 1. The number of rotatable bonds is 7. The average molecular weight is 481 g/mol. The second kappa shape index (κ2) is 10.1. The van der Waals surface area contributed by atoms with Crippen molar-refractivity contribution >= 4 is 34.5 Å². The molecule has 0 spiro atoms. The van der Waals surface area contributed by atoms with Gasteiger partial charge in [-0.1, -0.05) is 66.9 Å². The molecule has 1 aromatic heterocycles. The predicted molar refractivity (Wildman–Crippen MR) is 138 cm³/mol. The van der Waals surface area contributed by atoms with Crippen molar-refractivity contribution < 1.29 is 4.52 Å². The van der Waals surface area contributed by atoms with Gasteiger partial charge in [0.05, 0.1) is 11.6 Å². The normalized spacial score (nSPS) is 16.3. The predicted octanol–water partition coefficient (Wildman–Crippen LogP) is 6.86. The van der Waals surface area contributed by atoms with E-state index in [4.69, 9.17) is 33.3 Å². The quantitative estimate of drug-likeness (QED) is 0.294. The smallest absolute Gasteiger partial charge is 0.258 e. The van der Waals surface area contributed by atoms with Crippen molar-refractivity contribution in [3.05, 3.63) is 75.8 Å². The van der Waals surface area contributed by atoms with Gasteiger partial charge in [0.1, 0.15) is 0 Å². The van der Waals surface area contributed by atoms with Crippen LogP contribution in [0.25, 0.3) is 17.0 Å². The second-order valence-electron chi connectivity index (χ2n) is 8.52. The minimum Gasteiger partial charge on any atom is -0.351 e. The number of benzene rings is 2. The Bertz CT molecular complexity index is 1200. The Morgan fingerprint density at radius 2 is 1.91 bits per heavy atom. The summed E-state index contributed by atoms with van der Waals surface area (Å²) in [5.74, 6) is 0.999. The van der Waals surface area contributed by atoms with E-state index >= 15 is 0 Å². The van der Waals surface area contributed by atoms with Crippen molar-refractivity contribution in [1.82, 2.24) is 20.4 Å². The van der Waals surface area contributed by atoms with E-state index in [0.717, 1.165) is 53.3 Å². The van der Waals surface area contributed by atoms with Crippen molar-refractivity contribution in [2.24, 2.45) is 0 Å². The molecule has 0 radical (unpaired) electrons. The van der Waals surface area contributed by atoms with Crippen LogP contribution in [0.15, 0.2) is 52.7 Å². The summed E-state index contributed by atoms with van der Waals surface area (Å²) >= 11 is 12.0. The van der Waals surface area contributed by atoms with E-state index in [1.165, 1.54) is 11.1 Å². The largest absolute Gasteiger partial charge is 0.351 e. The van der Waals surface area contributed by atoms with Crippen LogP contribution in [0.5, 0.6) is 0 Å². The summed E-state index contributed by atoms with van der Waals surface area (Å²) in [5, 5.41) is 9.16. The lowest BCUT2D eigenvalue weighted by molar-refractivity contribution is 0.395. The number of nitrogens with zero attached hydrogens (tertiary/aromatic N) is 3. The van der Waals surface area contributed by atoms with E-state index in [2.05, 4.69) is 61.3 Å². The van der Waals surface area contributed by atoms with Crippen LogP contribution in [0.4, 0.5) is 0 Å². The zero-order chi connectivity index (χ0) is 23.5. The number of aryl methyl sites for hydroxylation is 2. The molecular formula is C26H29ClN4OS. The first kappa shape index (κ1) is 23.5. The molecule has 7 heteroatoms. The lowest BCUT2D eigenvalue weighted by Gasteiger charge is -2.37. The number of halogens is 1. The minimum absolute atomic E-state index is 0.174. The molecule has 2 aromatic carbocycles. The van der Waals surface area contributed by atoms with Crippen LogP contribution in [0.1, 0.15) is 61.7 Å². The molecule has 0 saturated carbocycles. The highest BCUT2D eigenvalue weighted by Gasteiger charge is 2.34. The first-order chi connectivity index (χ1) is 15.9. The topological polar surface area (TPSA) is 54.2 Å². The van der Waals surface area contributed by atoms with Gasteiger partial charge in [0.2, 0.25) is 5.82 Å². The molecule has 1 aliphatic rings. The van der Waals surface area contributed by atoms with Crippen LogP contribution in [-0.2, 0) is 0 Å². The molecule has 5 nitrogen and oxygen atoms in total. The standard InChI is InChI=1S/C26H29ClN4OS/c1-5-6-7-13-31-18(4)22(23(28-26(31)33)19-12-11-16(2)17(3)14-19)25-29-24(30-32-25)20-9-8-10-21(27)15-20/h8-12,14-15,23H,5-7,13H2,1-4H3,(H,28,33). The molecule has 3 aromatic rings. The van der Waals surface area contributed by atoms with Gasteiger partial charge in [-0.15, -0.1) is 0 Å². The van der Waals surface area contributed by atoms with E-state index in [1.807, 2.05) is 24.3 Å². The lowest BCUT2D eigenvalue weighted by atomic mass is 9.92. The fourth-order valence-corrected chi connectivity index (χ4v) is 4.66. The summed E-state index contributed by atoms with van der Waals surface area (Å²) in [7, 11) is 0. The van der Waals surface area contributed by atoms with Crippen LogP contribution in [0.2, 0.25) is 5.02 Å². The molecule has 1 unspecified atom stereocenters. The maximum atomic E-state index is 6.17. The third kappa shape index (κ3) is 4.97. The molecule has 1 N–H and O–H groups in total. The van der Waals surface area contributed by atoms with E-state index in [0.29, 0.717) is 16.7 Å². The average Bonchev–Trinajstić information content (AvgIpc) is 3.27. The molecule has 0 saturated heterocycles. The highest BCUT2D eigenvalue weighted by molar-refractivity contribution is 7.80. The molecule has 0 bridgehead atoms. The van der Waals surface area contributed by atoms with Crippen LogP contribution in [0.3, 0.4) is 0 Å². The molecule has 0 amide bonds. The van der Waals surface area contributed by atoms with Gasteiger partial charge in [0.15, 0.2) is 5.11 Å². The fraction of sp³-hybridized carbons (Fsp3) is 0.346. The third-order valence-electron chi connectivity index (χ3n) is 6.19. The Morgan fingerprint density at radius 1 is 1.09 bits per heavy atom. The Hall–Kier alpha value is -2.70. The monoisotopic (exact) mass is 480 g/mol. The Balaban J connectivity index is 1.79. The van der Waals surface area contributed by atoms with Gasteiger partial charge in [-0.05, 0) is 68.2 Å². The summed E-state index contributed by atoms with van der Waals surface area (Å²) < 4.78 is 5.81. The van der Waals surface area contributed by atoms with Gasteiger partial charge in [-0.3, -0.25) is 0 Å². The van der Waals surface area contributed by atoms with Crippen molar-refractivity contribution in [1.29, 1.82) is 0 Å².